The number of nitrogens with zero attached hydrogens (tertiary/aromatic N) is 6. The molecule has 7 nitrogen and oxygen atoms in total. The van der Waals surface area contributed by atoms with Gasteiger partial charge in [0.25, 0.3) is 0 Å². The third-order valence-electron chi connectivity index (χ3n) is 11.3. The smallest absolute Gasteiger partial charge is 0.194 e. The first-order chi connectivity index (χ1) is 27.9. The lowest BCUT2D eigenvalue weighted by atomic mass is 9.91. The summed E-state index contributed by atoms with van der Waals surface area (Å²) >= 11 is 0. The summed E-state index contributed by atoms with van der Waals surface area (Å²) in [6.45, 7) is 17.7. The molecule has 0 bridgehead atoms. The molecule has 5 aromatic carbocycles. The molecule has 0 amide bonds. The Labute approximate surface area is 340 Å². The highest BCUT2D eigenvalue weighted by atomic mass is 16.1. The maximum Gasteiger partial charge on any atom is 0.194 e. The zero-order valence-electron chi connectivity index (χ0n) is 34.3. The normalized spacial score (nSPS) is 14.4. The van der Waals surface area contributed by atoms with Crippen molar-refractivity contribution in [3.05, 3.63) is 160 Å². The molecule has 0 saturated heterocycles. The van der Waals surface area contributed by atoms with Crippen molar-refractivity contribution in [2.75, 3.05) is 9.80 Å². The third kappa shape index (κ3) is 6.15. The highest BCUT2D eigenvalue weighted by Crippen LogP contribution is 2.54. The minimum Gasteiger partial charge on any atom is -0.289 e. The van der Waals surface area contributed by atoms with E-state index in [0.717, 1.165) is 61.3 Å². The molecule has 0 N–H and O–H groups in total. The number of ketones is 1. The molecule has 0 atom stereocenters. The number of nitriles is 2. The van der Waals surface area contributed by atoms with E-state index in [1.54, 1.807) is 6.08 Å². The Morgan fingerprint density at radius 3 is 1.40 bits per heavy atom. The van der Waals surface area contributed by atoms with Gasteiger partial charge in [-0.1, -0.05) is 128 Å². The van der Waals surface area contributed by atoms with Crippen LogP contribution in [-0.4, -0.2) is 15.8 Å². The Bertz CT molecular complexity index is 2680. The maximum absolute atomic E-state index is 14.6. The molecule has 0 spiro atoms. The summed E-state index contributed by atoms with van der Waals surface area (Å²) < 4.78 is 0. The number of hydrogen-bond donors (Lipinski definition) is 0. The van der Waals surface area contributed by atoms with Gasteiger partial charge in [-0.05, 0) is 98.7 Å². The van der Waals surface area contributed by atoms with Crippen molar-refractivity contribution in [2.45, 2.75) is 79.1 Å². The van der Waals surface area contributed by atoms with Crippen molar-refractivity contribution < 1.29 is 4.79 Å². The van der Waals surface area contributed by atoms with Gasteiger partial charge in [0.15, 0.2) is 17.4 Å². The number of aromatic nitrogens is 2. The van der Waals surface area contributed by atoms with Crippen LogP contribution < -0.4 is 9.80 Å². The second kappa shape index (κ2) is 14.9. The number of para-hydroxylation sites is 4. The number of anilines is 4. The van der Waals surface area contributed by atoms with Crippen LogP contribution in [0.4, 0.5) is 23.0 Å². The summed E-state index contributed by atoms with van der Waals surface area (Å²) in [5, 5.41) is 22.5. The lowest BCUT2D eigenvalue weighted by Crippen LogP contribution is -2.26. The second-order valence-electron chi connectivity index (χ2n) is 16.4. The van der Waals surface area contributed by atoms with Crippen molar-refractivity contribution >= 4 is 56.2 Å². The summed E-state index contributed by atoms with van der Waals surface area (Å²) in [4.78, 5) is 29.9. The number of Topliss-reactive ketones (excluding diaryl/α,β-unsaturated/α-hetero) is 1. The van der Waals surface area contributed by atoms with Gasteiger partial charge in [-0.15, -0.1) is 0 Å². The van der Waals surface area contributed by atoms with Crippen molar-refractivity contribution in [3.8, 4) is 12.1 Å². The fourth-order valence-electron chi connectivity index (χ4n) is 8.49. The Hall–Kier alpha value is -6.83. The van der Waals surface area contributed by atoms with Crippen LogP contribution in [0.2, 0.25) is 0 Å². The van der Waals surface area contributed by atoms with Crippen LogP contribution in [0.25, 0.3) is 27.4 Å². The topological polar surface area (TPSA) is 96.9 Å². The lowest BCUT2D eigenvalue weighted by Gasteiger charge is -2.32. The average Bonchev–Trinajstić information content (AvgIpc) is 3.66. The van der Waals surface area contributed by atoms with E-state index < -0.39 is 0 Å². The zero-order chi connectivity index (χ0) is 41.0. The van der Waals surface area contributed by atoms with Crippen LogP contribution in [-0.2, 0) is 0 Å². The Morgan fingerprint density at radius 2 is 0.983 bits per heavy atom. The first-order valence-corrected chi connectivity index (χ1v) is 20.1. The summed E-state index contributed by atoms with van der Waals surface area (Å²) in [5.74, 6) is 2.53. The van der Waals surface area contributed by atoms with E-state index in [-0.39, 0.29) is 35.0 Å². The molecule has 0 fully saturated rings. The number of fused-ring (bicyclic) bond motifs is 4. The summed E-state index contributed by atoms with van der Waals surface area (Å²) in [7, 11) is 0. The third-order valence-corrected chi connectivity index (χ3v) is 11.3. The summed E-state index contributed by atoms with van der Waals surface area (Å²) in [6.07, 6.45) is 3.78. The number of benzene rings is 5. The molecule has 0 saturated carbocycles. The molecule has 1 aliphatic heterocycles. The molecule has 2 heterocycles. The van der Waals surface area contributed by atoms with E-state index in [1.165, 1.54) is 0 Å². The quantitative estimate of drug-likeness (QED) is 0.118. The van der Waals surface area contributed by atoms with Gasteiger partial charge in [0.1, 0.15) is 23.5 Å². The molecule has 1 aromatic heterocycles. The molecule has 6 aromatic rings. The van der Waals surface area contributed by atoms with Crippen LogP contribution >= 0.6 is 0 Å². The summed E-state index contributed by atoms with van der Waals surface area (Å²) in [5.41, 5.74) is 9.80. The first-order valence-electron chi connectivity index (χ1n) is 20.1. The Kier molecular flexibility index (Phi) is 9.79. The number of carbonyl (C=O) groups is 1. The Balaban J connectivity index is 1.52. The molecule has 7 heteroatoms. The molecular weight excluding hydrogens is 713 g/mol. The maximum atomic E-state index is 14.6. The minimum atomic E-state index is -0.234. The molecule has 58 heavy (non-hydrogen) atoms. The zero-order valence-corrected chi connectivity index (χ0v) is 34.3. The van der Waals surface area contributed by atoms with Gasteiger partial charge < -0.3 is 0 Å². The molecule has 286 valence electrons. The van der Waals surface area contributed by atoms with Gasteiger partial charge >= 0.3 is 0 Å². The van der Waals surface area contributed by atoms with Gasteiger partial charge in [-0.25, -0.2) is 9.97 Å². The SMILES string of the molecule is CC(C)c1cccc(C(C)C)c1N1C(=C/C=C2\C(=O)c3cc4ccccc4cc3C2=C(C#N)C#N)N(c2c(C(C)C)cccc2C(C)C)c2nc3ccccc3nc21. The number of hydrogen-bond acceptors (Lipinski definition) is 7. The van der Waals surface area contributed by atoms with Gasteiger partial charge in [-0.2, -0.15) is 10.5 Å². The number of rotatable bonds is 7. The van der Waals surface area contributed by atoms with Crippen molar-refractivity contribution in [3.63, 3.8) is 0 Å². The van der Waals surface area contributed by atoms with Crippen LogP contribution in [0.5, 0.6) is 0 Å². The van der Waals surface area contributed by atoms with Gasteiger partial charge in [0, 0.05) is 16.7 Å². The van der Waals surface area contributed by atoms with Gasteiger partial charge in [0.2, 0.25) is 0 Å². The van der Waals surface area contributed by atoms with Crippen LogP contribution in [0.15, 0.2) is 126 Å². The highest BCUT2D eigenvalue weighted by molar-refractivity contribution is 6.29. The first kappa shape index (κ1) is 38.1. The van der Waals surface area contributed by atoms with Crippen LogP contribution in [0, 0.1) is 22.7 Å². The predicted molar refractivity (Wildman–Crippen MR) is 236 cm³/mol. The van der Waals surface area contributed by atoms with Crippen molar-refractivity contribution in [1.82, 2.24) is 9.97 Å². The monoisotopic (exact) mass is 758 g/mol. The highest BCUT2D eigenvalue weighted by Gasteiger charge is 2.41. The summed E-state index contributed by atoms with van der Waals surface area (Å²) in [6, 6.07) is 36.8. The largest absolute Gasteiger partial charge is 0.289 e. The number of carbonyl (C=O) groups excluding carboxylic acids is 1. The fraction of sp³-hybridized carbons (Fsp3) is 0.235. The lowest BCUT2D eigenvalue weighted by molar-refractivity contribution is 0.104. The van der Waals surface area contributed by atoms with Gasteiger partial charge in [0.05, 0.1) is 22.4 Å². The van der Waals surface area contributed by atoms with E-state index in [9.17, 15) is 15.3 Å². The van der Waals surface area contributed by atoms with Gasteiger partial charge in [-0.3, -0.25) is 14.6 Å². The van der Waals surface area contributed by atoms with Crippen LogP contribution in [0.3, 0.4) is 0 Å². The predicted octanol–water partition coefficient (Wildman–Crippen LogP) is 13.0. The number of allylic oxidation sites excluding steroid dienone is 5. The van der Waals surface area contributed by atoms with E-state index >= 15 is 0 Å². The van der Waals surface area contributed by atoms with E-state index in [4.69, 9.17) is 9.97 Å². The van der Waals surface area contributed by atoms with Crippen LogP contribution in [0.1, 0.15) is 117 Å². The fourth-order valence-corrected chi connectivity index (χ4v) is 8.49. The molecule has 1 aliphatic carbocycles. The van der Waals surface area contributed by atoms with E-state index in [2.05, 4.69) is 114 Å². The molecular formula is C51H46N6O. The molecule has 0 unspecified atom stereocenters. The Morgan fingerprint density at radius 1 is 0.569 bits per heavy atom. The average molecular weight is 759 g/mol. The van der Waals surface area contributed by atoms with Crippen molar-refractivity contribution in [1.29, 1.82) is 10.5 Å². The second-order valence-corrected chi connectivity index (χ2v) is 16.4. The van der Waals surface area contributed by atoms with E-state index in [1.807, 2.05) is 66.7 Å². The van der Waals surface area contributed by atoms with E-state index in [0.29, 0.717) is 33.9 Å². The molecule has 0 radical (unpaired) electrons. The molecule has 2 aliphatic rings. The minimum absolute atomic E-state index is 0.107. The standard InChI is InChI=1S/C51H46N6O/c1-29(2)36-17-13-18-37(30(3)4)47(36)56-45(24-23-40-46(35(27-52)28-53)41-25-33-15-9-10-16-34(33)26-42(41)49(40)58)57(48-38(31(5)6)19-14-20-39(48)32(7)8)51-50(56)54-43-21-11-12-22-44(43)55-51/h9-26,29-32H,1-8H3/b40-23-. The molecule has 8 rings (SSSR count). The van der Waals surface area contributed by atoms with Crippen molar-refractivity contribution in [2.24, 2.45) is 0 Å².